The van der Waals surface area contributed by atoms with Gasteiger partial charge in [0.25, 0.3) is 0 Å². The fourth-order valence-electron chi connectivity index (χ4n) is 2.05. The third kappa shape index (κ3) is 3.28. The summed E-state index contributed by atoms with van der Waals surface area (Å²) in [6, 6.07) is 2.51. The van der Waals surface area contributed by atoms with Crippen LogP contribution in [-0.4, -0.2) is 47.0 Å². The van der Waals surface area contributed by atoms with Crippen LogP contribution >= 0.6 is 0 Å². The molecule has 1 aromatic rings. The lowest BCUT2D eigenvalue weighted by atomic mass is 10.2. The van der Waals surface area contributed by atoms with Crippen LogP contribution in [-0.2, 0) is 11.3 Å². The Morgan fingerprint density at radius 1 is 1.59 bits per heavy atom. The highest BCUT2D eigenvalue weighted by Gasteiger charge is 2.19. The summed E-state index contributed by atoms with van der Waals surface area (Å²) in [7, 11) is 0. The molecule has 0 bridgehead atoms. The molecule has 1 aliphatic heterocycles. The second-order valence-electron chi connectivity index (χ2n) is 4.84. The SMILES string of the molecule is CC(C)n1ccc(CN2CCOC(CN)C2)n1. The summed E-state index contributed by atoms with van der Waals surface area (Å²) in [5.74, 6) is 0. The number of hydrogen-bond acceptors (Lipinski definition) is 4. The van der Waals surface area contributed by atoms with Gasteiger partial charge < -0.3 is 10.5 Å². The molecule has 0 saturated carbocycles. The molecule has 2 heterocycles. The minimum Gasteiger partial charge on any atom is -0.374 e. The lowest BCUT2D eigenvalue weighted by molar-refractivity contribution is -0.0264. The quantitative estimate of drug-likeness (QED) is 0.835. The molecule has 17 heavy (non-hydrogen) atoms. The van der Waals surface area contributed by atoms with E-state index in [9.17, 15) is 0 Å². The first-order valence-corrected chi connectivity index (χ1v) is 6.27. The molecule has 0 radical (unpaired) electrons. The van der Waals surface area contributed by atoms with Gasteiger partial charge in [0.1, 0.15) is 0 Å². The molecule has 2 rings (SSSR count). The first kappa shape index (κ1) is 12.5. The minimum atomic E-state index is 0.177. The van der Waals surface area contributed by atoms with Crippen LogP contribution in [0.15, 0.2) is 12.3 Å². The van der Waals surface area contributed by atoms with Gasteiger partial charge in [-0.05, 0) is 19.9 Å². The average Bonchev–Trinajstić information content (AvgIpc) is 2.78. The van der Waals surface area contributed by atoms with Gasteiger partial charge in [0.2, 0.25) is 0 Å². The fourth-order valence-corrected chi connectivity index (χ4v) is 2.05. The van der Waals surface area contributed by atoms with Gasteiger partial charge in [0, 0.05) is 38.4 Å². The van der Waals surface area contributed by atoms with E-state index in [0.717, 1.165) is 31.9 Å². The molecule has 2 N–H and O–H groups in total. The van der Waals surface area contributed by atoms with E-state index in [1.807, 2.05) is 10.9 Å². The van der Waals surface area contributed by atoms with Crippen LogP contribution in [0.1, 0.15) is 25.6 Å². The van der Waals surface area contributed by atoms with Crippen molar-refractivity contribution in [1.29, 1.82) is 0 Å². The van der Waals surface area contributed by atoms with Crippen LogP contribution in [0.2, 0.25) is 0 Å². The van der Waals surface area contributed by atoms with Crippen LogP contribution in [0.4, 0.5) is 0 Å². The highest BCUT2D eigenvalue weighted by Crippen LogP contribution is 2.10. The van der Waals surface area contributed by atoms with Crippen LogP contribution in [0.5, 0.6) is 0 Å². The van der Waals surface area contributed by atoms with E-state index in [1.165, 1.54) is 0 Å². The van der Waals surface area contributed by atoms with Crippen molar-refractivity contribution in [2.24, 2.45) is 5.73 Å². The Morgan fingerprint density at radius 2 is 2.41 bits per heavy atom. The molecule has 1 fully saturated rings. The first-order valence-electron chi connectivity index (χ1n) is 6.27. The van der Waals surface area contributed by atoms with Crippen molar-refractivity contribution in [2.75, 3.05) is 26.2 Å². The van der Waals surface area contributed by atoms with Crippen molar-refractivity contribution in [3.05, 3.63) is 18.0 Å². The van der Waals surface area contributed by atoms with Gasteiger partial charge in [0.05, 0.1) is 18.4 Å². The third-order valence-electron chi connectivity index (χ3n) is 3.06. The summed E-state index contributed by atoms with van der Waals surface area (Å²) in [5, 5.41) is 4.56. The van der Waals surface area contributed by atoms with E-state index in [0.29, 0.717) is 12.6 Å². The molecule has 5 nitrogen and oxygen atoms in total. The largest absolute Gasteiger partial charge is 0.374 e. The number of hydrogen-bond donors (Lipinski definition) is 1. The molecule has 0 aromatic carbocycles. The monoisotopic (exact) mass is 238 g/mol. The van der Waals surface area contributed by atoms with Crippen LogP contribution in [0, 0.1) is 0 Å². The second-order valence-corrected chi connectivity index (χ2v) is 4.84. The Labute approximate surface area is 103 Å². The molecule has 1 aliphatic rings. The molecule has 96 valence electrons. The van der Waals surface area contributed by atoms with Crippen molar-refractivity contribution in [3.8, 4) is 0 Å². The van der Waals surface area contributed by atoms with Gasteiger partial charge in [0.15, 0.2) is 0 Å². The average molecular weight is 238 g/mol. The lowest BCUT2D eigenvalue weighted by Crippen LogP contribution is -2.45. The van der Waals surface area contributed by atoms with Crippen molar-refractivity contribution < 1.29 is 4.74 Å². The second kappa shape index (κ2) is 5.62. The normalized spacial score (nSPS) is 22.2. The summed E-state index contributed by atoms with van der Waals surface area (Å²) in [4.78, 5) is 2.36. The van der Waals surface area contributed by atoms with Gasteiger partial charge in [-0.25, -0.2) is 0 Å². The number of aromatic nitrogens is 2. The first-order chi connectivity index (χ1) is 8.19. The summed E-state index contributed by atoms with van der Waals surface area (Å²) in [6.07, 6.45) is 2.22. The zero-order valence-electron chi connectivity index (χ0n) is 10.7. The van der Waals surface area contributed by atoms with E-state index < -0.39 is 0 Å². The molecular formula is C12H22N4O. The zero-order valence-corrected chi connectivity index (χ0v) is 10.7. The highest BCUT2D eigenvalue weighted by atomic mass is 16.5. The maximum atomic E-state index is 5.63. The highest BCUT2D eigenvalue weighted by molar-refractivity contribution is 4.99. The Kier molecular flexibility index (Phi) is 4.15. The van der Waals surface area contributed by atoms with Crippen molar-refractivity contribution in [2.45, 2.75) is 32.5 Å². The third-order valence-corrected chi connectivity index (χ3v) is 3.06. The van der Waals surface area contributed by atoms with E-state index in [4.69, 9.17) is 10.5 Å². The summed E-state index contributed by atoms with van der Waals surface area (Å²) in [6.45, 7) is 8.39. The van der Waals surface area contributed by atoms with Gasteiger partial charge in [-0.3, -0.25) is 9.58 Å². The number of ether oxygens (including phenoxy) is 1. The van der Waals surface area contributed by atoms with Crippen LogP contribution in [0.25, 0.3) is 0 Å². The van der Waals surface area contributed by atoms with Crippen LogP contribution < -0.4 is 5.73 Å². The molecule has 1 aromatic heterocycles. The molecule has 1 atom stereocenters. The maximum Gasteiger partial charge on any atom is 0.0824 e. The Morgan fingerprint density at radius 3 is 3.06 bits per heavy atom. The van der Waals surface area contributed by atoms with E-state index >= 15 is 0 Å². The Hall–Kier alpha value is -0.910. The summed E-state index contributed by atoms with van der Waals surface area (Å²) < 4.78 is 7.54. The molecule has 0 amide bonds. The van der Waals surface area contributed by atoms with Crippen molar-refractivity contribution in [3.63, 3.8) is 0 Å². The topological polar surface area (TPSA) is 56.3 Å². The number of morpholine rings is 1. The Balaban J connectivity index is 1.91. The predicted octanol–water partition coefficient (Wildman–Crippen LogP) is 0.624. The minimum absolute atomic E-state index is 0.177. The van der Waals surface area contributed by atoms with Crippen LogP contribution in [0.3, 0.4) is 0 Å². The fraction of sp³-hybridized carbons (Fsp3) is 0.750. The number of nitrogens with two attached hydrogens (primary N) is 1. The van der Waals surface area contributed by atoms with Gasteiger partial charge in [-0.1, -0.05) is 0 Å². The molecule has 1 saturated heterocycles. The maximum absolute atomic E-state index is 5.63. The summed E-state index contributed by atoms with van der Waals surface area (Å²) in [5.41, 5.74) is 6.75. The molecule has 0 aliphatic carbocycles. The van der Waals surface area contributed by atoms with Gasteiger partial charge in [-0.15, -0.1) is 0 Å². The number of nitrogens with zero attached hydrogens (tertiary/aromatic N) is 3. The summed E-state index contributed by atoms with van der Waals surface area (Å²) >= 11 is 0. The van der Waals surface area contributed by atoms with Gasteiger partial charge in [-0.2, -0.15) is 5.10 Å². The zero-order chi connectivity index (χ0) is 12.3. The molecular weight excluding hydrogens is 216 g/mol. The van der Waals surface area contributed by atoms with Crippen molar-refractivity contribution >= 4 is 0 Å². The van der Waals surface area contributed by atoms with E-state index in [1.54, 1.807) is 0 Å². The molecule has 1 unspecified atom stereocenters. The predicted molar refractivity (Wildman–Crippen MR) is 66.7 cm³/mol. The Bertz CT molecular complexity index is 350. The van der Waals surface area contributed by atoms with Gasteiger partial charge >= 0.3 is 0 Å². The smallest absolute Gasteiger partial charge is 0.0824 e. The molecule has 0 spiro atoms. The number of rotatable bonds is 4. The molecule has 5 heteroatoms. The van der Waals surface area contributed by atoms with Crippen molar-refractivity contribution in [1.82, 2.24) is 14.7 Å². The lowest BCUT2D eigenvalue weighted by Gasteiger charge is -2.31. The standard InChI is InChI=1S/C12H22N4O/c1-10(2)16-4-3-11(14-16)8-15-5-6-17-12(7-13)9-15/h3-4,10,12H,5-9,13H2,1-2H3. The van der Waals surface area contributed by atoms with E-state index in [-0.39, 0.29) is 6.10 Å². The van der Waals surface area contributed by atoms with E-state index in [2.05, 4.69) is 29.9 Å².